The molecule has 7 nitrogen and oxygen atoms in total. The maximum Gasteiger partial charge on any atom is 0.247 e. The van der Waals surface area contributed by atoms with Crippen LogP contribution in [0.5, 0.6) is 5.75 Å². The van der Waals surface area contributed by atoms with Crippen LogP contribution in [0.25, 0.3) is 0 Å². The van der Waals surface area contributed by atoms with E-state index in [2.05, 4.69) is 10.0 Å². The molecular weight excluding hydrogens is 354 g/mol. The van der Waals surface area contributed by atoms with Crippen molar-refractivity contribution in [2.24, 2.45) is 0 Å². The van der Waals surface area contributed by atoms with E-state index >= 15 is 0 Å². The van der Waals surface area contributed by atoms with Crippen molar-refractivity contribution < 1.29 is 17.9 Å². The molecule has 1 amide bonds. The van der Waals surface area contributed by atoms with Gasteiger partial charge in [-0.25, -0.2) is 13.1 Å². The van der Waals surface area contributed by atoms with Gasteiger partial charge in [0.2, 0.25) is 15.9 Å². The third-order valence-corrected chi connectivity index (χ3v) is 6.27. The zero-order valence-corrected chi connectivity index (χ0v) is 15.0. The monoisotopic (exact) mass is 373 g/mol. The van der Waals surface area contributed by atoms with Gasteiger partial charge in [0.05, 0.1) is 23.4 Å². The first-order chi connectivity index (χ1) is 12.5. The Morgan fingerprint density at radius 2 is 2.00 bits per heavy atom. The first kappa shape index (κ1) is 16.9. The van der Waals surface area contributed by atoms with Gasteiger partial charge in [0.15, 0.2) is 0 Å². The number of hydrogen-bond donors (Lipinski definition) is 2. The van der Waals surface area contributed by atoms with Crippen molar-refractivity contribution in [2.75, 3.05) is 23.9 Å². The number of para-hydroxylation sites is 2. The van der Waals surface area contributed by atoms with E-state index in [9.17, 15) is 13.2 Å². The molecule has 26 heavy (non-hydrogen) atoms. The summed E-state index contributed by atoms with van der Waals surface area (Å²) in [5.41, 5.74) is 1.67. The molecule has 0 bridgehead atoms. The van der Waals surface area contributed by atoms with Gasteiger partial charge in [-0.2, -0.15) is 0 Å². The van der Waals surface area contributed by atoms with Crippen molar-refractivity contribution in [3.8, 4) is 5.75 Å². The number of fused-ring (bicyclic) bond motifs is 3. The molecule has 1 saturated heterocycles. The maximum atomic E-state index is 12.7. The van der Waals surface area contributed by atoms with Crippen molar-refractivity contribution in [3.05, 3.63) is 48.5 Å². The zero-order valence-electron chi connectivity index (χ0n) is 14.2. The Morgan fingerprint density at radius 3 is 2.81 bits per heavy atom. The average molecular weight is 373 g/mol. The molecule has 0 aromatic heterocycles. The maximum absolute atomic E-state index is 12.7. The van der Waals surface area contributed by atoms with Gasteiger partial charge in [0.25, 0.3) is 0 Å². The van der Waals surface area contributed by atoms with Gasteiger partial charge in [-0.15, -0.1) is 0 Å². The Balaban J connectivity index is 1.57. The fourth-order valence-corrected chi connectivity index (χ4v) is 4.81. The Morgan fingerprint density at radius 1 is 1.19 bits per heavy atom. The highest BCUT2D eigenvalue weighted by Gasteiger charge is 2.42. The van der Waals surface area contributed by atoms with Crippen LogP contribution in [0.2, 0.25) is 0 Å². The number of ether oxygens (including phenoxy) is 1. The van der Waals surface area contributed by atoms with Crippen molar-refractivity contribution in [2.45, 2.75) is 23.4 Å². The highest BCUT2D eigenvalue weighted by Crippen LogP contribution is 2.36. The molecule has 0 saturated carbocycles. The minimum atomic E-state index is -3.70. The SMILES string of the molecule is COc1cccc(S(=O)(=O)NC2CC3C(=O)Nc4ccccc4N3C2)c1. The summed E-state index contributed by atoms with van der Waals surface area (Å²) in [5, 5.41) is 2.89. The molecular formula is C18H19N3O4S. The number of nitrogens with zero attached hydrogens (tertiary/aromatic N) is 1. The van der Waals surface area contributed by atoms with Crippen LogP contribution in [-0.4, -0.2) is 40.1 Å². The summed E-state index contributed by atoms with van der Waals surface area (Å²) in [7, 11) is -2.21. The van der Waals surface area contributed by atoms with Crippen LogP contribution in [-0.2, 0) is 14.8 Å². The Kier molecular flexibility index (Phi) is 4.08. The van der Waals surface area contributed by atoms with Crippen LogP contribution in [0.15, 0.2) is 53.4 Å². The molecule has 1 fully saturated rings. The van der Waals surface area contributed by atoms with Gasteiger partial charge in [0, 0.05) is 18.7 Å². The number of sulfonamides is 1. The smallest absolute Gasteiger partial charge is 0.247 e. The highest BCUT2D eigenvalue weighted by atomic mass is 32.2. The van der Waals surface area contributed by atoms with Crippen LogP contribution < -0.4 is 19.7 Å². The van der Waals surface area contributed by atoms with Crippen LogP contribution in [0.4, 0.5) is 11.4 Å². The van der Waals surface area contributed by atoms with E-state index in [-0.39, 0.29) is 22.9 Å². The lowest BCUT2D eigenvalue weighted by Crippen LogP contribution is -2.44. The van der Waals surface area contributed by atoms with E-state index < -0.39 is 10.0 Å². The molecule has 136 valence electrons. The van der Waals surface area contributed by atoms with Crippen LogP contribution in [0, 0.1) is 0 Å². The summed E-state index contributed by atoms with van der Waals surface area (Å²) in [6.07, 6.45) is 0.420. The summed E-state index contributed by atoms with van der Waals surface area (Å²) in [5.74, 6) is 0.372. The molecule has 2 aromatic carbocycles. The minimum absolute atomic E-state index is 0.105. The number of hydrogen-bond acceptors (Lipinski definition) is 5. The molecule has 2 heterocycles. The van der Waals surface area contributed by atoms with E-state index in [1.807, 2.05) is 29.2 Å². The Bertz CT molecular complexity index is 960. The van der Waals surface area contributed by atoms with E-state index in [1.54, 1.807) is 12.1 Å². The lowest BCUT2D eigenvalue weighted by atomic mass is 10.1. The second-order valence-corrected chi connectivity index (χ2v) is 8.12. The highest BCUT2D eigenvalue weighted by molar-refractivity contribution is 7.89. The zero-order chi connectivity index (χ0) is 18.3. The molecule has 4 rings (SSSR count). The van der Waals surface area contributed by atoms with Crippen LogP contribution in [0.1, 0.15) is 6.42 Å². The molecule has 0 radical (unpaired) electrons. The van der Waals surface area contributed by atoms with Gasteiger partial charge in [-0.1, -0.05) is 18.2 Å². The van der Waals surface area contributed by atoms with Crippen LogP contribution in [0.3, 0.4) is 0 Å². The van der Waals surface area contributed by atoms with Crippen molar-refractivity contribution in [1.82, 2.24) is 4.72 Å². The summed E-state index contributed by atoms with van der Waals surface area (Å²) < 4.78 is 33.2. The van der Waals surface area contributed by atoms with Gasteiger partial charge < -0.3 is 15.0 Å². The first-order valence-electron chi connectivity index (χ1n) is 8.31. The average Bonchev–Trinajstić information content (AvgIpc) is 3.06. The lowest BCUT2D eigenvalue weighted by molar-refractivity contribution is -0.117. The summed E-state index contributed by atoms with van der Waals surface area (Å²) in [4.78, 5) is 14.5. The fraction of sp³-hybridized carbons (Fsp3) is 0.278. The number of benzene rings is 2. The van der Waals surface area contributed by atoms with Crippen LogP contribution >= 0.6 is 0 Å². The predicted molar refractivity (Wildman–Crippen MR) is 97.9 cm³/mol. The third kappa shape index (κ3) is 2.91. The van der Waals surface area contributed by atoms with E-state index in [0.717, 1.165) is 11.4 Å². The molecule has 0 aliphatic carbocycles. The Hall–Kier alpha value is -2.58. The normalized spacial score (nSPS) is 21.7. The number of carbonyl (C=O) groups excluding carboxylic acids is 1. The Labute approximate surface area is 152 Å². The molecule has 0 spiro atoms. The van der Waals surface area contributed by atoms with Gasteiger partial charge in [-0.05, 0) is 30.7 Å². The topological polar surface area (TPSA) is 87.7 Å². The molecule has 2 aliphatic heterocycles. The molecule has 2 atom stereocenters. The minimum Gasteiger partial charge on any atom is -0.497 e. The second kappa shape index (κ2) is 6.30. The number of carbonyl (C=O) groups is 1. The van der Waals surface area contributed by atoms with E-state index in [0.29, 0.717) is 18.7 Å². The molecule has 2 N–H and O–H groups in total. The summed E-state index contributed by atoms with van der Waals surface area (Å²) in [6, 6.07) is 13.1. The van der Waals surface area contributed by atoms with Gasteiger partial charge in [0.1, 0.15) is 11.8 Å². The molecule has 2 unspecified atom stereocenters. The third-order valence-electron chi connectivity index (χ3n) is 4.75. The first-order valence-corrected chi connectivity index (χ1v) is 9.79. The number of nitrogens with one attached hydrogen (secondary N) is 2. The molecule has 2 aliphatic rings. The van der Waals surface area contributed by atoms with Crippen molar-refractivity contribution in [3.63, 3.8) is 0 Å². The van der Waals surface area contributed by atoms with E-state index in [1.165, 1.54) is 19.2 Å². The predicted octanol–water partition coefficient (Wildman–Crippen LogP) is 1.57. The van der Waals surface area contributed by atoms with Crippen molar-refractivity contribution in [1.29, 1.82) is 0 Å². The van der Waals surface area contributed by atoms with Gasteiger partial charge in [-0.3, -0.25) is 4.79 Å². The number of rotatable bonds is 4. The van der Waals surface area contributed by atoms with Crippen molar-refractivity contribution >= 4 is 27.3 Å². The number of methoxy groups -OCH3 is 1. The summed E-state index contributed by atoms with van der Waals surface area (Å²) in [6.45, 7) is 0.443. The van der Waals surface area contributed by atoms with Gasteiger partial charge >= 0.3 is 0 Å². The largest absolute Gasteiger partial charge is 0.497 e. The number of amides is 1. The second-order valence-electron chi connectivity index (χ2n) is 6.41. The fourth-order valence-electron chi connectivity index (χ4n) is 3.54. The number of anilines is 2. The molecule has 8 heteroatoms. The standard InChI is InChI=1S/C18H19N3O4S/c1-25-13-5-4-6-14(10-13)26(23,24)20-12-9-17-18(22)19-15-7-2-3-8-16(15)21(17)11-12/h2-8,10,12,17,20H,9,11H2,1H3,(H,19,22). The van der Waals surface area contributed by atoms with E-state index in [4.69, 9.17) is 4.74 Å². The molecule has 2 aromatic rings. The lowest BCUT2D eigenvalue weighted by Gasteiger charge is -2.32. The summed E-state index contributed by atoms with van der Waals surface area (Å²) >= 11 is 0. The quantitative estimate of drug-likeness (QED) is 0.850.